The Bertz CT molecular complexity index is 610. The van der Waals surface area contributed by atoms with Crippen LogP contribution in [0.25, 0.3) is 0 Å². The summed E-state index contributed by atoms with van der Waals surface area (Å²) in [5.41, 5.74) is 2.43. The number of halogens is 1. The van der Waals surface area contributed by atoms with E-state index in [2.05, 4.69) is 0 Å². The molecule has 20 heavy (non-hydrogen) atoms. The summed E-state index contributed by atoms with van der Waals surface area (Å²) < 4.78 is 17.8. The zero-order chi connectivity index (χ0) is 14.7. The molecule has 2 aromatic carbocycles. The van der Waals surface area contributed by atoms with Crippen LogP contribution >= 0.6 is 0 Å². The Hall–Kier alpha value is -2.36. The first-order valence-electron chi connectivity index (χ1n) is 6.21. The second kappa shape index (κ2) is 5.74. The lowest BCUT2D eigenvalue weighted by Gasteiger charge is -2.11. The number of phenols is 1. The molecule has 0 spiro atoms. The summed E-state index contributed by atoms with van der Waals surface area (Å²) in [6.07, 6.45) is 0.484. The van der Waals surface area contributed by atoms with E-state index in [1.54, 1.807) is 18.2 Å². The van der Waals surface area contributed by atoms with Gasteiger partial charge < -0.3 is 9.84 Å². The smallest absolute Gasteiger partial charge is 0.308 e. The summed E-state index contributed by atoms with van der Waals surface area (Å²) in [5, 5.41) is 10.0. The Morgan fingerprint density at radius 3 is 2.45 bits per heavy atom. The van der Waals surface area contributed by atoms with Gasteiger partial charge in [-0.2, -0.15) is 0 Å². The van der Waals surface area contributed by atoms with Crippen LogP contribution in [0.3, 0.4) is 0 Å². The molecule has 0 aliphatic rings. The highest BCUT2D eigenvalue weighted by atomic mass is 19.1. The molecule has 0 bridgehead atoms. The Kier molecular flexibility index (Phi) is 4.03. The van der Waals surface area contributed by atoms with Crippen LogP contribution in [0.15, 0.2) is 36.4 Å². The van der Waals surface area contributed by atoms with Gasteiger partial charge in [0.1, 0.15) is 17.3 Å². The minimum Gasteiger partial charge on any atom is -0.508 e. The standard InChI is InChI=1S/C16H15FO3/c1-10-7-14(20-11(2)18)9-16(19)15(10)8-12-3-5-13(17)6-4-12/h3-7,9,19H,8H2,1-2H3. The van der Waals surface area contributed by atoms with Crippen molar-refractivity contribution in [1.29, 1.82) is 0 Å². The number of carbonyl (C=O) groups excluding carboxylic acids is 1. The second-order valence-corrected chi connectivity index (χ2v) is 4.63. The van der Waals surface area contributed by atoms with Gasteiger partial charge in [0.15, 0.2) is 0 Å². The summed E-state index contributed by atoms with van der Waals surface area (Å²) in [5.74, 6) is -0.351. The fourth-order valence-corrected chi connectivity index (χ4v) is 2.03. The third-order valence-electron chi connectivity index (χ3n) is 2.98. The largest absolute Gasteiger partial charge is 0.508 e. The molecule has 104 valence electrons. The zero-order valence-corrected chi connectivity index (χ0v) is 11.3. The Balaban J connectivity index is 2.28. The monoisotopic (exact) mass is 274 g/mol. The van der Waals surface area contributed by atoms with Crippen LogP contribution < -0.4 is 4.74 Å². The lowest BCUT2D eigenvalue weighted by Crippen LogP contribution is -2.02. The lowest BCUT2D eigenvalue weighted by atomic mass is 9.99. The SMILES string of the molecule is CC(=O)Oc1cc(C)c(Cc2ccc(F)cc2)c(O)c1. The number of esters is 1. The molecular formula is C16H15FO3. The van der Waals surface area contributed by atoms with Crippen LogP contribution in [-0.4, -0.2) is 11.1 Å². The van der Waals surface area contributed by atoms with Gasteiger partial charge in [0.2, 0.25) is 0 Å². The Morgan fingerprint density at radius 2 is 1.90 bits per heavy atom. The van der Waals surface area contributed by atoms with Crippen molar-refractivity contribution in [2.75, 3.05) is 0 Å². The summed E-state index contributed by atoms with van der Waals surface area (Å²) in [7, 11) is 0. The van der Waals surface area contributed by atoms with Gasteiger partial charge in [-0.15, -0.1) is 0 Å². The normalized spacial score (nSPS) is 10.3. The van der Waals surface area contributed by atoms with Gasteiger partial charge in [-0.1, -0.05) is 12.1 Å². The van der Waals surface area contributed by atoms with Crippen molar-refractivity contribution in [2.45, 2.75) is 20.3 Å². The van der Waals surface area contributed by atoms with Crippen LogP contribution in [0.5, 0.6) is 11.5 Å². The first-order chi connectivity index (χ1) is 9.45. The number of aryl methyl sites for hydroxylation is 1. The van der Waals surface area contributed by atoms with E-state index >= 15 is 0 Å². The van der Waals surface area contributed by atoms with Crippen LogP contribution in [0.1, 0.15) is 23.6 Å². The van der Waals surface area contributed by atoms with Crippen LogP contribution in [0, 0.1) is 12.7 Å². The number of hydrogen-bond acceptors (Lipinski definition) is 3. The fourth-order valence-electron chi connectivity index (χ4n) is 2.03. The van der Waals surface area contributed by atoms with E-state index in [0.29, 0.717) is 12.2 Å². The molecule has 0 atom stereocenters. The molecule has 0 aliphatic heterocycles. The first kappa shape index (κ1) is 14.1. The summed E-state index contributed by atoms with van der Waals surface area (Å²) in [6.45, 7) is 3.13. The molecule has 0 unspecified atom stereocenters. The van der Waals surface area contributed by atoms with Gasteiger partial charge in [-0.25, -0.2) is 4.39 Å². The molecule has 0 amide bonds. The predicted molar refractivity (Wildman–Crippen MR) is 73.4 cm³/mol. The van der Waals surface area contributed by atoms with E-state index in [1.165, 1.54) is 25.1 Å². The van der Waals surface area contributed by atoms with Crippen molar-refractivity contribution in [3.05, 3.63) is 58.9 Å². The third kappa shape index (κ3) is 3.35. The topological polar surface area (TPSA) is 46.5 Å². The second-order valence-electron chi connectivity index (χ2n) is 4.63. The summed E-state index contributed by atoms with van der Waals surface area (Å²) in [6, 6.07) is 9.22. The van der Waals surface area contributed by atoms with Gasteiger partial charge in [0, 0.05) is 25.0 Å². The number of ether oxygens (including phenoxy) is 1. The summed E-state index contributed by atoms with van der Waals surface area (Å²) >= 11 is 0. The molecule has 4 heteroatoms. The van der Waals surface area contributed by atoms with Crippen molar-refractivity contribution < 1.29 is 19.0 Å². The van der Waals surface area contributed by atoms with E-state index in [-0.39, 0.29) is 11.6 Å². The molecule has 0 aromatic heterocycles. The van der Waals surface area contributed by atoms with Crippen molar-refractivity contribution in [3.63, 3.8) is 0 Å². The first-order valence-corrected chi connectivity index (χ1v) is 6.21. The van der Waals surface area contributed by atoms with E-state index in [0.717, 1.165) is 16.7 Å². The van der Waals surface area contributed by atoms with Gasteiger partial charge >= 0.3 is 5.97 Å². The van der Waals surface area contributed by atoms with Gasteiger partial charge in [0.25, 0.3) is 0 Å². The zero-order valence-electron chi connectivity index (χ0n) is 11.3. The highest BCUT2D eigenvalue weighted by Gasteiger charge is 2.10. The van der Waals surface area contributed by atoms with Gasteiger partial charge in [0.05, 0.1) is 0 Å². The van der Waals surface area contributed by atoms with Crippen molar-refractivity contribution in [3.8, 4) is 11.5 Å². The van der Waals surface area contributed by atoms with E-state index in [1.807, 2.05) is 6.92 Å². The maximum absolute atomic E-state index is 12.9. The minimum absolute atomic E-state index is 0.0607. The lowest BCUT2D eigenvalue weighted by molar-refractivity contribution is -0.131. The molecule has 0 aliphatic carbocycles. The molecule has 0 fully saturated rings. The van der Waals surface area contributed by atoms with Crippen molar-refractivity contribution in [2.24, 2.45) is 0 Å². The van der Waals surface area contributed by atoms with E-state index in [9.17, 15) is 14.3 Å². The molecule has 0 saturated heterocycles. The highest BCUT2D eigenvalue weighted by Crippen LogP contribution is 2.29. The van der Waals surface area contributed by atoms with E-state index in [4.69, 9.17) is 4.74 Å². The molecule has 2 aromatic rings. The average molecular weight is 274 g/mol. The molecule has 1 N–H and O–H groups in total. The maximum atomic E-state index is 12.9. The molecule has 0 saturated carbocycles. The number of rotatable bonds is 3. The van der Waals surface area contributed by atoms with Crippen molar-refractivity contribution >= 4 is 5.97 Å². The summed E-state index contributed by atoms with van der Waals surface area (Å²) in [4.78, 5) is 10.9. The van der Waals surface area contributed by atoms with Gasteiger partial charge in [-0.05, 0) is 36.2 Å². The quantitative estimate of drug-likeness (QED) is 0.689. The maximum Gasteiger partial charge on any atom is 0.308 e. The van der Waals surface area contributed by atoms with Crippen LogP contribution in [0.4, 0.5) is 4.39 Å². The Morgan fingerprint density at radius 1 is 1.25 bits per heavy atom. The van der Waals surface area contributed by atoms with Crippen LogP contribution in [-0.2, 0) is 11.2 Å². The third-order valence-corrected chi connectivity index (χ3v) is 2.98. The molecule has 3 nitrogen and oxygen atoms in total. The van der Waals surface area contributed by atoms with Crippen molar-refractivity contribution in [1.82, 2.24) is 0 Å². The minimum atomic E-state index is -0.435. The number of benzene rings is 2. The molecular weight excluding hydrogens is 259 g/mol. The van der Waals surface area contributed by atoms with Crippen LogP contribution in [0.2, 0.25) is 0 Å². The fraction of sp³-hybridized carbons (Fsp3) is 0.188. The number of hydrogen-bond donors (Lipinski definition) is 1. The number of aromatic hydroxyl groups is 1. The number of carbonyl (C=O) groups is 1. The molecule has 0 radical (unpaired) electrons. The Labute approximate surface area is 116 Å². The van der Waals surface area contributed by atoms with Gasteiger partial charge in [-0.3, -0.25) is 4.79 Å². The predicted octanol–water partition coefficient (Wildman–Crippen LogP) is 3.36. The molecule has 0 heterocycles. The molecule has 2 rings (SSSR count). The van der Waals surface area contributed by atoms with E-state index < -0.39 is 5.97 Å². The average Bonchev–Trinajstić information content (AvgIpc) is 2.35. The number of phenolic OH excluding ortho intramolecular Hbond substituents is 1. The highest BCUT2D eigenvalue weighted by molar-refractivity contribution is 5.69.